The van der Waals surface area contributed by atoms with Gasteiger partial charge in [0.15, 0.2) is 9.84 Å². The number of likely N-dealkylation sites (tertiary alicyclic amines) is 1. The van der Waals surface area contributed by atoms with Crippen molar-refractivity contribution in [1.82, 2.24) is 4.90 Å². The Bertz CT molecular complexity index is 550. The van der Waals surface area contributed by atoms with Gasteiger partial charge < -0.3 is 10.0 Å². The Morgan fingerprint density at radius 1 is 1.33 bits per heavy atom. The molecule has 6 heteroatoms. The van der Waals surface area contributed by atoms with E-state index in [1.165, 1.54) is 24.3 Å². The van der Waals surface area contributed by atoms with E-state index in [-0.39, 0.29) is 10.8 Å². The van der Waals surface area contributed by atoms with E-state index in [0.29, 0.717) is 25.1 Å². The smallest absolute Gasteiger partial charge is 0.253 e. The summed E-state index contributed by atoms with van der Waals surface area (Å²) in [5.74, 6) is -0.174. The van der Waals surface area contributed by atoms with E-state index in [1.54, 1.807) is 4.90 Å². The quantitative estimate of drug-likeness (QED) is 0.837. The predicted molar refractivity (Wildman–Crippen MR) is 66.1 cm³/mol. The summed E-state index contributed by atoms with van der Waals surface area (Å²) in [5.41, 5.74) is 0.441. The third-order valence-electron chi connectivity index (χ3n) is 2.98. The lowest BCUT2D eigenvalue weighted by Gasteiger charge is -2.15. The van der Waals surface area contributed by atoms with Gasteiger partial charge in [0.05, 0.1) is 11.0 Å². The molecule has 1 heterocycles. The molecule has 1 aromatic rings. The summed E-state index contributed by atoms with van der Waals surface area (Å²) >= 11 is 0. The van der Waals surface area contributed by atoms with Crippen LogP contribution in [0, 0.1) is 0 Å². The van der Waals surface area contributed by atoms with Crippen LogP contribution in [0.25, 0.3) is 0 Å². The fourth-order valence-corrected chi connectivity index (χ4v) is 2.58. The van der Waals surface area contributed by atoms with Crippen molar-refractivity contribution in [3.63, 3.8) is 0 Å². The lowest BCUT2D eigenvalue weighted by atomic mass is 10.2. The Morgan fingerprint density at radius 3 is 2.39 bits per heavy atom. The molecule has 1 atom stereocenters. The summed E-state index contributed by atoms with van der Waals surface area (Å²) < 4.78 is 22.6. The maximum absolute atomic E-state index is 12.0. The minimum atomic E-state index is -3.24. The zero-order chi connectivity index (χ0) is 13.3. The highest BCUT2D eigenvalue weighted by atomic mass is 32.2. The van der Waals surface area contributed by atoms with Gasteiger partial charge in [-0.2, -0.15) is 0 Å². The minimum absolute atomic E-state index is 0.174. The third kappa shape index (κ3) is 2.70. The molecular weight excluding hydrogens is 254 g/mol. The number of benzene rings is 1. The number of carbonyl (C=O) groups excluding carboxylic acids is 1. The van der Waals surface area contributed by atoms with Crippen LogP contribution in [0.1, 0.15) is 16.8 Å². The van der Waals surface area contributed by atoms with Crippen molar-refractivity contribution >= 4 is 15.7 Å². The topological polar surface area (TPSA) is 74.7 Å². The molecule has 1 aromatic carbocycles. The Kier molecular flexibility index (Phi) is 3.41. The standard InChI is InChI=1S/C12H15NO4S/c1-18(16,17)11-4-2-9(3-5-11)12(15)13-7-6-10(14)8-13/h2-5,10,14H,6-8H2,1H3/t10-/m1/s1. The molecule has 0 radical (unpaired) electrons. The van der Waals surface area contributed by atoms with E-state index in [1.807, 2.05) is 0 Å². The molecule has 1 aliphatic rings. The van der Waals surface area contributed by atoms with E-state index in [4.69, 9.17) is 0 Å². The van der Waals surface area contributed by atoms with Gasteiger partial charge in [0, 0.05) is 24.9 Å². The van der Waals surface area contributed by atoms with Crippen molar-refractivity contribution in [2.45, 2.75) is 17.4 Å². The van der Waals surface area contributed by atoms with Gasteiger partial charge in [-0.15, -0.1) is 0 Å². The first-order valence-corrected chi connectivity index (χ1v) is 7.54. The zero-order valence-corrected chi connectivity index (χ0v) is 10.9. The lowest BCUT2D eigenvalue weighted by Crippen LogP contribution is -2.29. The molecule has 0 unspecified atom stereocenters. The largest absolute Gasteiger partial charge is 0.391 e. The maximum atomic E-state index is 12.0. The summed E-state index contributed by atoms with van der Waals surface area (Å²) in [6.07, 6.45) is 1.26. The highest BCUT2D eigenvalue weighted by Crippen LogP contribution is 2.15. The Balaban J connectivity index is 2.17. The molecule has 0 aromatic heterocycles. The number of nitrogens with zero attached hydrogens (tertiary/aromatic N) is 1. The van der Waals surface area contributed by atoms with Gasteiger partial charge >= 0.3 is 0 Å². The molecular formula is C12H15NO4S. The second-order valence-corrected chi connectivity index (χ2v) is 6.51. The van der Waals surface area contributed by atoms with Crippen LogP contribution in [0.3, 0.4) is 0 Å². The molecule has 0 spiro atoms. The van der Waals surface area contributed by atoms with Crippen LogP contribution in [0.2, 0.25) is 0 Å². The molecule has 1 saturated heterocycles. The SMILES string of the molecule is CS(=O)(=O)c1ccc(C(=O)N2CC[C@@H](O)C2)cc1. The number of aliphatic hydroxyl groups is 1. The van der Waals surface area contributed by atoms with Gasteiger partial charge in [-0.05, 0) is 30.7 Å². The van der Waals surface area contributed by atoms with E-state index in [2.05, 4.69) is 0 Å². The molecule has 2 rings (SSSR count). The van der Waals surface area contributed by atoms with Gasteiger partial charge in [0.25, 0.3) is 5.91 Å². The summed E-state index contributed by atoms with van der Waals surface area (Å²) in [5, 5.41) is 9.37. The molecule has 0 aliphatic carbocycles. The second kappa shape index (κ2) is 4.70. The zero-order valence-electron chi connectivity index (χ0n) is 10.0. The van der Waals surface area contributed by atoms with E-state index in [0.717, 1.165) is 6.26 Å². The van der Waals surface area contributed by atoms with Crippen molar-refractivity contribution in [2.24, 2.45) is 0 Å². The van der Waals surface area contributed by atoms with Crippen LogP contribution in [-0.4, -0.2) is 49.8 Å². The van der Waals surface area contributed by atoms with E-state index >= 15 is 0 Å². The highest BCUT2D eigenvalue weighted by molar-refractivity contribution is 7.90. The third-order valence-corrected chi connectivity index (χ3v) is 4.11. The van der Waals surface area contributed by atoms with Crippen molar-refractivity contribution in [3.05, 3.63) is 29.8 Å². The average molecular weight is 269 g/mol. The van der Waals surface area contributed by atoms with Gasteiger partial charge in [-0.3, -0.25) is 4.79 Å². The predicted octanol–water partition coefficient (Wildman–Crippen LogP) is 0.297. The summed E-state index contributed by atoms with van der Waals surface area (Å²) in [6, 6.07) is 5.86. The minimum Gasteiger partial charge on any atom is -0.391 e. The first-order valence-electron chi connectivity index (χ1n) is 5.65. The number of hydrogen-bond acceptors (Lipinski definition) is 4. The van der Waals surface area contributed by atoms with Crippen LogP contribution in [0.15, 0.2) is 29.2 Å². The number of amides is 1. The van der Waals surface area contributed by atoms with E-state index in [9.17, 15) is 18.3 Å². The fourth-order valence-electron chi connectivity index (χ4n) is 1.95. The summed E-state index contributed by atoms with van der Waals surface area (Å²) in [4.78, 5) is 13.8. The van der Waals surface area contributed by atoms with Gasteiger partial charge in [-0.25, -0.2) is 8.42 Å². The number of β-amino-alcohol motifs (C(OH)–C–C–N with tert-alkyl or cyclic N) is 1. The van der Waals surface area contributed by atoms with Gasteiger partial charge in [-0.1, -0.05) is 0 Å². The number of rotatable bonds is 2. The second-order valence-electron chi connectivity index (χ2n) is 4.49. The number of sulfone groups is 1. The van der Waals surface area contributed by atoms with Crippen molar-refractivity contribution in [3.8, 4) is 0 Å². The number of aliphatic hydroxyl groups excluding tert-OH is 1. The molecule has 1 fully saturated rings. The molecule has 1 aliphatic heterocycles. The van der Waals surface area contributed by atoms with Crippen molar-refractivity contribution < 1.29 is 18.3 Å². The van der Waals surface area contributed by atoms with Crippen LogP contribution >= 0.6 is 0 Å². The summed E-state index contributed by atoms with van der Waals surface area (Å²) in [7, 11) is -3.24. The first-order chi connectivity index (χ1) is 8.38. The summed E-state index contributed by atoms with van der Waals surface area (Å²) in [6.45, 7) is 0.875. The Hall–Kier alpha value is -1.40. The van der Waals surface area contributed by atoms with Crippen LogP contribution in [0.4, 0.5) is 0 Å². The molecule has 0 saturated carbocycles. The monoisotopic (exact) mass is 269 g/mol. The van der Waals surface area contributed by atoms with Crippen molar-refractivity contribution in [1.29, 1.82) is 0 Å². The average Bonchev–Trinajstić information content (AvgIpc) is 2.74. The number of hydrogen-bond donors (Lipinski definition) is 1. The van der Waals surface area contributed by atoms with Gasteiger partial charge in [0.2, 0.25) is 0 Å². The molecule has 5 nitrogen and oxygen atoms in total. The number of carbonyl (C=O) groups is 1. The van der Waals surface area contributed by atoms with Crippen LogP contribution in [-0.2, 0) is 9.84 Å². The van der Waals surface area contributed by atoms with E-state index < -0.39 is 15.9 Å². The fraction of sp³-hybridized carbons (Fsp3) is 0.417. The molecule has 1 amide bonds. The lowest BCUT2D eigenvalue weighted by molar-refractivity contribution is 0.0765. The normalized spacial score (nSPS) is 20.1. The molecule has 98 valence electrons. The molecule has 0 bridgehead atoms. The molecule has 18 heavy (non-hydrogen) atoms. The first kappa shape index (κ1) is 13.0. The van der Waals surface area contributed by atoms with Crippen LogP contribution < -0.4 is 0 Å². The van der Waals surface area contributed by atoms with Gasteiger partial charge in [0.1, 0.15) is 0 Å². The maximum Gasteiger partial charge on any atom is 0.253 e. The van der Waals surface area contributed by atoms with Crippen molar-refractivity contribution in [2.75, 3.05) is 19.3 Å². The Morgan fingerprint density at radius 2 is 1.94 bits per heavy atom. The Labute approximate surface area is 106 Å². The molecule has 1 N–H and O–H groups in total. The highest BCUT2D eigenvalue weighted by Gasteiger charge is 2.25. The van der Waals surface area contributed by atoms with Crippen LogP contribution in [0.5, 0.6) is 0 Å².